The molecule has 0 rings (SSSR count). The first-order valence-corrected chi connectivity index (χ1v) is 11.2. The van der Waals surface area contributed by atoms with Gasteiger partial charge in [-0.2, -0.15) is 0 Å². The normalized spacial score (nSPS) is 13.2. The Morgan fingerprint density at radius 1 is 0.786 bits per heavy atom. The van der Waals surface area contributed by atoms with Gasteiger partial charge in [0.15, 0.2) is 0 Å². The van der Waals surface area contributed by atoms with E-state index in [9.17, 15) is 4.79 Å². The van der Waals surface area contributed by atoms with Crippen molar-refractivity contribution in [2.75, 3.05) is 19.6 Å². The molecule has 0 aromatic heterocycles. The molecule has 0 aromatic carbocycles. The topological polar surface area (TPSA) is 67.1 Å². The smallest absolute Gasteiger partial charge is 0.220 e. The lowest BCUT2D eigenvalue weighted by atomic mass is 9.73. The molecule has 0 heterocycles. The second kappa shape index (κ2) is 12.2. The zero-order valence-electron chi connectivity index (χ0n) is 21.3. The van der Waals surface area contributed by atoms with E-state index in [-0.39, 0.29) is 27.6 Å². The van der Waals surface area contributed by atoms with Crippen LogP contribution in [-0.2, 0) is 4.79 Å². The molecular formula is C24H53N3O. The van der Waals surface area contributed by atoms with Crippen LogP contribution in [0.25, 0.3) is 0 Å². The Morgan fingerprint density at radius 3 is 1.64 bits per heavy atom. The van der Waals surface area contributed by atoms with E-state index in [1.807, 2.05) is 13.8 Å². The van der Waals surface area contributed by atoms with Crippen LogP contribution in [0.15, 0.2) is 0 Å². The average Bonchev–Trinajstić information content (AvgIpc) is 2.51. The molecule has 4 heteroatoms. The van der Waals surface area contributed by atoms with Gasteiger partial charge in [-0.25, -0.2) is 0 Å². The maximum Gasteiger partial charge on any atom is 0.220 e. The minimum absolute atomic E-state index is 0.0441. The summed E-state index contributed by atoms with van der Waals surface area (Å²) in [5, 5.41) is 6.71. The van der Waals surface area contributed by atoms with Crippen molar-refractivity contribution in [2.24, 2.45) is 27.4 Å². The predicted octanol–water partition coefficient (Wildman–Crippen LogP) is 5.36. The van der Waals surface area contributed by atoms with Gasteiger partial charge in [0.2, 0.25) is 5.91 Å². The molecule has 0 aromatic rings. The molecule has 0 aliphatic rings. The van der Waals surface area contributed by atoms with Crippen molar-refractivity contribution in [3.8, 4) is 0 Å². The molecule has 28 heavy (non-hydrogen) atoms. The van der Waals surface area contributed by atoms with E-state index in [4.69, 9.17) is 5.73 Å². The van der Waals surface area contributed by atoms with Gasteiger partial charge in [-0.05, 0) is 41.0 Å². The van der Waals surface area contributed by atoms with Crippen molar-refractivity contribution in [1.82, 2.24) is 10.6 Å². The second-order valence-corrected chi connectivity index (χ2v) is 11.7. The summed E-state index contributed by atoms with van der Waals surface area (Å²) < 4.78 is 0. The van der Waals surface area contributed by atoms with Crippen LogP contribution >= 0.6 is 0 Å². The largest absolute Gasteiger partial charge is 0.356 e. The van der Waals surface area contributed by atoms with Gasteiger partial charge >= 0.3 is 0 Å². The number of carbonyl (C=O) groups is 1. The molecule has 0 saturated heterocycles. The fourth-order valence-corrected chi connectivity index (χ4v) is 4.17. The number of hydrogen-bond donors (Lipinski definition) is 3. The Morgan fingerprint density at radius 2 is 1.21 bits per heavy atom. The SMILES string of the molecule is CC.CC(C)NCC(C)(C)CC(C)(C)CNC(=O)CC(C)(C)CC(C)(C)CN. The van der Waals surface area contributed by atoms with Crippen molar-refractivity contribution >= 4 is 5.91 Å². The predicted molar refractivity (Wildman–Crippen MR) is 126 cm³/mol. The molecule has 1 amide bonds. The highest BCUT2D eigenvalue weighted by Crippen LogP contribution is 2.36. The van der Waals surface area contributed by atoms with Crippen molar-refractivity contribution < 1.29 is 4.79 Å². The molecule has 0 unspecified atom stereocenters. The van der Waals surface area contributed by atoms with E-state index < -0.39 is 0 Å². The van der Waals surface area contributed by atoms with Crippen LogP contribution < -0.4 is 16.4 Å². The first kappa shape index (κ1) is 29.6. The van der Waals surface area contributed by atoms with E-state index in [2.05, 4.69) is 79.9 Å². The molecule has 0 saturated carbocycles. The highest BCUT2D eigenvalue weighted by atomic mass is 16.1. The third-order valence-electron chi connectivity index (χ3n) is 4.86. The summed E-state index contributed by atoms with van der Waals surface area (Å²) in [6, 6.07) is 0.497. The van der Waals surface area contributed by atoms with E-state index in [1.54, 1.807) is 0 Å². The van der Waals surface area contributed by atoms with Gasteiger partial charge in [0, 0.05) is 25.6 Å². The van der Waals surface area contributed by atoms with Crippen LogP contribution in [0.4, 0.5) is 0 Å². The summed E-state index contributed by atoms with van der Waals surface area (Å²) in [5.74, 6) is 0.147. The van der Waals surface area contributed by atoms with Gasteiger partial charge < -0.3 is 16.4 Å². The molecule has 0 bridgehead atoms. The lowest BCUT2D eigenvalue weighted by Crippen LogP contribution is -2.42. The number of carbonyl (C=O) groups excluding carboxylic acids is 1. The van der Waals surface area contributed by atoms with Crippen molar-refractivity contribution in [1.29, 1.82) is 0 Å². The highest BCUT2D eigenvalue weighted by Gasteiger charge is 2.32. The monoisotopic (exact) mass is 399 g/mol. The Kier molecular flexibility index (Phi) is 12.9. The fraction of sp³-hybridized carbons (Fsp3) is 0.958. The summed E-state index contributed by atoms with van der Waals surface area (Å²) in [4.78, 5) is 12.5. The number of nitrogens with one attached hydrogen (secondary N) is 2. The zero-order chi connectivity index (χ0) is 22.8. The Labute approximate surface area is 177 Å². The Balaban J connectivity index is 0. The minimum atomic E-state index is -0.0441. The van der Waals surface area contributed by atoms with E-state index in [0.717, 1.165) is 19.4 Å². The van der Waals surface area contributed by atoms with Crippen LogP contribution in [0, 0.1) is 21.7 Å². The molecule has 0 spiro atoms. The van der Waals surface area contributed by atoms with Gasteiger partial charge in [-0.3, -0.25) is 4.79 Å². The Bertz CT molecular complexity index is 437. The molecule has 170 valence electrons. The summed E-state index contributed by atoms with van der Waals surface area (Å²) in [6.45, 7) is 28.4. The summed E-state index contributed by atoms with van der Waals surface area (Å²) >= 11 is 0. The minimum Gasteiger partial charge on any atom is -0.356 e. The van der Waals surface area contributed by atoms with Crippen LogP contribution in [0.3, 0.4) is 0 Å². The molecule has 0 aliphatic heterocycles. The lowest BCUT2D eigenvalue weighted by molar-refractivity contribution is -0.124. The molecule has 0 radical (unpaired) electrons. The van der Waals surface area contributed by atoms with E-state index in [0.29, 0.717) is 25.6 Å². The molecule has 0 fully saturated rings. The maximum absolute atomic E-state index is 12.5. The summed E-state index contributed by atoms with van der Waals surface area (Å²) in [7, 11) is 0. The number of hydrogen-bond acceptors (Lipinski definition) is 3. The zero-order valence-corrected chi connectivity index (χ0v) is 21.3. The maximum atomic E-state index is 12.5. The van der Waals surface area contributed by atoms with Gasteiger partial charge in [-0.1, -0.05) is 83.1 Å². The van der Waals surface area contributed by atoms with Gasteiger partial charge in [0.25, 0.3) is 0 Å². The van der Waals surface area contributed by atoms with E-state index >= 15 is 0 Å². The van der Waals surface area contributed by atoms with Crippen LogP contribution in [0.1, 0.15) is 102 Å². The van der Waals surface area contributed by atoms with Crippen LogP contribution in [0.2, 0.25) is 0 Å². The van der Waals surface area contributed by atoms with Crippen LogP contribution in [-0.4, -0.2) is 31.6 Å². The summed E-state index contributed by atoms with van der Waals surface area (Å²) in [6.07, 6.45) is 2.55. The molecular weight excluding hydrogens is 346 g/mol. The quantitative estimate of drug-likeness (QED) is 0.414. The van der Waals surface area contributed by atoms with Crippen molar-refractivity contribution in [2.45, 2.75) is 108 Å². The molecule has 0 atom stereocenters. The molecule has 4 N–H and O–H groups in total. The fourth-order valence-electron chi connectivity index (χ4n) is 4.17. The molecule has 4 nitrogen and oxygen atoms in total. The summed E-state index contributed by atoms with van der Waals surface area (Å²) in [5.41, 5.74) is 6.14. The molecule has 0 aliphatic carbocycles. The number of nitrogens with two attached hydrogens (primary N) is 1. The average molecular weight is 400 g/mol. The standard InChI is InChI=1S/C22H47N3O.C2H6/c1-17(2)24-15-21(7,8)13-22(9,10)16-25-18(26)11-19(3,4)12-20(5,6)14-23;1-2/h17,24H,11-16,23H2,1-10H3,(H,25,26);1-2H3. The third kappa shape index (κ3) is 15.3. The van der Waals surface area contributed by atoms with Crippen LogP contribution in [0.5, 0.6) is 0 Å². The second-order valence-electron chi connectivity index (χ2n) is 11.7. The van der Waals surface area contributed by atoms with Crippen molar-refractivity contribution in [3.63, 3.8) is 0 Å². The van der Waals surface area contributed by atoms with Crippen molar-refractivity contribution in [3.05, 3.63) is 0 Å². The van der Waals surface area contributed by atoms with Gasteiger partial charge in [0.1, 0.15) is 0 Å². The first-order chi connectivity index (χ1) is 12.5. The van der Waals surface area contributed by atoms with Gasteiger partial charge in [0.05, 0.1) is 0 Å². The lowest BCUT2D eigenvalue weighted by Gasteiger charge is -2.37. The first-order valence-electron chi connectivity index (χ1n) is 11.2. The van der Waals surface area contributed by atoms with Gasteiger partial charge in [-0.15, -0.1) is 0 Å². The Hall–Kier alpha value is -0.610. The van der Waals surface area contributed by atoms with E-state index in [1.165, 1.54) is 0 Å². The highest BCUT2D eigenvalue weighted by molar-refractivity contribution is 5.76. The third-order valence-corrected chi connectivity index (χ3v) is 4.86. The number of rotatable bonds is 12. The number of amides is 1.